The number of fused-ring (bicyclic) bond motifs is 5. The van der Waals surface area contributed by atoms with Gasteiger partial charge < -0.3 is 24.2 Å². The van der Waals surface area contributed by atoms with Gasteiger partial charge in [-0.2, -0.15) is 18.2 Å². The smallest absolute Gasteiger partial charge is 0.377 e. The van der Waals surface area contributed by atoms with E-state index in [4.69, 9.17) is 9.47 Å². The van der Waals surface area contributed by atoms with Gasteiger partial charge in [0.2, 0.25) is 11.9 Å². The first kappa shape index (κ1) is 21.2. The minimum atomic E-state index is -4.55. The fourth-order valence-corrected chi connectivity index (χ4v) is 6.07. The van der Waals surface area contributed by atoms with Gasteiger partial charge in [-0.25, -0.2) is 0 Å². The average Bonchev–Trinajstić information content (AvgIpc) is 3.46. The van der Waals surface area contributed by atoms with Crippen molar-refractivity contribution in [3.63, 3.8) is 0 Å². The highest BCUT2D eigenvalue weighted by Crippen LogP contribution is 2.37. The number of aromatic nitrogens is 2. The summed E-state index contributed by atoms with van der Waals surface area (Å²) >= 11 is 0. The Morgan fingerprint density at radius 2 is 1.88 bits per heavy atom. The van der Waals surface area contributed by atoms with Crippen LogP contribution in [-0.2, 0) is 20.8 Å². The Hall–Kier alpha value is -2.34. The Balaban J connectivity index is 1.35. The lowest BCUT2D eigenvalue weighted by atomic mass is 10.1. The Bertz CT molecular complexity index is 1000. The van der Waals surface area contributed by atoms with Crippen molar-refractivity contribution in [2.75, 3.05) is 42.7 Å². The second-order valence-corrected chi connectivity index (χ2v) is 9.60. The van der Waals surface area contributed by atoms with Crippen molar-refractivity contribution >= 4 is 17.7 Å². The maximum atomic E-state index is 14.0. The minimum absolute atomic E-state index is 0.0491. The third-order valence-electron chi connectivity index (χ3n) is 7.64. The van der Waals surface area contributed by atoms with E-state index in [1.54, 1.807) is 4.90 Å². The summed E-state index contributed by atoms with van der Waals surface area (Å²) in [5.41, 5.74) is -0.400. The second kappa shape index (κ2) is 7.59. The molecule has 5 aliphatic heterocycles. The summed E-state index contributed by atoms with van der Waals surface area (Å²) in [5, 5.41) is 0. The molecule has 33 heavy (non-hydrogen) atoms. The number of amides is 1. The van der Waals surface area contributed by atoms with E-state index in [0.717, 1.165) is 24.2 Å². The van der Waals surface area contributed by atoms with Crippen molar-refractivity contribution in [2.24, 2.45) is 0 Å². The number of anilines is 2. The lowest BCUT2D eigenvalue weighted by Gasteiger charge is -2.41. The van der Waals surface area contributed by atoms with Gasteiger partial charge in [-0.05, 0) is 25.7 Å². The van der Waals surface area contributed by atoms with Crippen LogP contribution in [0.1, 0.15) is 25.7 Å². The summed E-state index contributed by atoms with van der Waals surface area (Å²) in [7, 11) is 0. The van der Waals surface area contributed by atoms with E-state index in [-0.39, 0.29) is 49.1 Å². The number of alkyl halides is 3. The van der Waals surface area contributed by atoms with Gasteiger partial charge >= 0.3 is 6.18 Å². The third-order valence-corrected chi connectivity index (χ3v) is 7.64. The van der Waals surface area contributed by atoms with Crippen LogP contribution in [0.15, 0.2) is 10.9 Å². The molecule has 4 bridgehead atoms. The molecule has 0 spiro atoms. The predicted octanol–water partition coefficient (Wildman–Crippen LogP) is 0.752. The number of nitrogens with zero attached hydrogens (tertiary/aromatic N) is 5. The number of halogens is 3. The van der Waals surface area contributed by atoms with E-state index in [1.807, 2.05) is 4.90 Å². The Morgan fingerprint density at radius 1 is 1.12 bits per heavy atom. The maximum Gasteiger partial charge on any atom is 0.408 e. The molecule has 5 atom stereocenters. The van der Waals surface area contributed by atoms with Crippen molar-refractivity contribution in [1.82, 2.24) is 14.5 Å². The summed E-state index contributed by atoms with van der Waals surface area (Å²) in [6.07, 6.45) is -2.41. The molecule has 0 N–H and O–H groups in total. The molecule has 6 rings (SSSR count). The largest absolute Gasteiger partial charge is 0.408 e. The zero-order valence-corrected chi connectivity index (χ0v) is 18.0. The average molecular weight is 469 g/mol. The first-order valence-electron chi connectivity index (χ1n) is 11.5. The van der Waals surface area contributed by atoms with Crippen LogP contribution in [0, 0.1) is 0 Å². The lowest BCUT2D eigenvalue weighted by Crippen LogP contribution is -2.58. The SMILES string of the molecule is O=C(CN1c2nc(N3C[C@@H]4C[C@H]3CO4)cc(=O)n2CC[C@H]1C(F)(F)F)N1C2CCC1COC2. The second-order valence-electron chi connectivity index (χ2n) is 9.60. The zero-order valence-electron chi connectivity index (χ0n) is 18.0. The van der Waals surface area contributed by atoms with Crippen molar-refractivity contribution in [2.45, 2.75) is 68.7 Å². The monoisotopic (exact) mass is 469 g/mol. The standard InChI is InChI=1S/C21H26F3N5O4/c22-21(23,24)16-3-4-26-18(30)6-17(27-7-15-5-14(27)11-33-15)25-20(26)28(16)8-19(31)29-12-1-2-13(29)10-32-9-12/h6,12-16H,1-5,7-11H2/t12?,13?,14-,15-,16-/m0/s1. The van der Waals surface area contributed by atoms with E-state index in [1.165, 1.54) is 10.6 Å². The molecule has 1 aromatic rings. The van der Waals surface area contributed by atoms with Crippen LogP contribution in [0.5, 0.6) is 0 Å². The third kappa shape index (κ3) is 3.49. The number of rotatable bonds is 3. The summed E-state index contributed by atoms with van der Waals surface area (Å²) < 4.78 is 54.5. The summed E-state index contributed by atoms with van der Waals surface area (Å²) in [5.74, 6) is -0.0979. The van der Waals surface area contributed by atoms with E-state index >= 15 is 0 Å². The Labute approximate surface area is 188 Å². The van der Waals surface area contributed by atoms with Crippen molar-refractivity contribution in [3.8, 4) is 0 Å². The van der Waals surface area contributed by atoms with Gasteiger partial charge in [0, 0.05) is 19.2 Å². The normalized spacial score (nSPS) is 33.1. The minimum Gasteiger partial charge on any atom is -0.377 e. The van der Waals surface area contributed by atoms with Gasteiger partial charge in [-0.1, -0.05) is 0 Å². The van der Waals surface area contributed by atoms with E-state index in [9.17, 15) is 22.8 Å². The molecule has 1 amide bonds. The van der Waals surface area contributed by atoms with Crippen molar-refractivity contribution in [1.29, 1.82) is 0 Å². The fourth-order valence-electron chi connectivity index (χ4n) is 6.07. The summed E-state index contributed by atoms with van der Waals surface area (Å²) in [6.45, 7) is 1.32. The molecule has 4 fully saturated rings. The van der Waals surface area contributed by atoms with Crippen LogP contribution in [0.3, 0.4) is 0 Å². The van der Waals surface area contributed by atoms with Gasteiger partial charge in [0.15, 0.2) is 0 Å². The number of carbonyl (C=O) groups is 1. The van der Waals surface area contributed by atoms with Crippen LogP contribution in [0.25, 0.3) is 0 Å². The van der Waals surface area contributed by atoms with Crippen LogP contribution in [0.2, 0.25) is 0 Å². The van der Waals surface area contributed by atoms with Crippen molar-refractivity contribution in [3.05, 3.63) is 16.4 Å². The zero-order chi connectivity index (χ0) is 22.9. The Kier molecular flexibility index (Phi) is 4.88. The summed E-state index contributed by atoms with van der Waals surface area (Å²) in [4.78, 5) is 35.3. The Morgan fingerprint density at radius 3 is 2.52 bits per heavy atom. The summed E-state index contributed by atoms with van der Waals surface area (Å²) in [6, 6.07) is -0.633. The quantitative estimate of drug-likeness (QED) is 0.647. The van der Waals surface area contributed by atoms with Gasteiger partial charge in [0.25, 0.3) is 5.56 Å². The van der Waals surface area contributed by atoms with Gasteiger partial charge in [-0.3, -0.25) is 14.2 Å². The molecule has 180 valence electrons. The molecule has 12 heteroatoms. The van der Waals surface area contributed by atoms with Crippen LogP contribution < -0.4 is 15.4 Å². The van der Waals surface area contributed by atoms with E-state index in [2.05, 4.69) is 4.98 Å². The molecule has 4 saturated heterocycles. The first-order chi connectivity index (χ1) is 15.8. The highest BCUT2D eigenvalue weighted by molar-refractivity contribution is 5.82. The van der Waals surface area contributed by atoms with Crippen LogP contribution >= 0.6 is 0 Å². The van der Waals surface area contributed by atoms with Crippen LogP contribution in [-0.4, -0.2) is 89.7 Å². The van der Waals surface area contributed by atoms with E-state index in [0.29, 0.717) is 32.2 Å². The number of carbonyl (C=O) groups excluding carboxylic acids is 1. The number of hydrogen-bond acceptors (Lipinski definition) is 7. The predicted molar refractivity (Wildman–Crippen MR) is 110 cm³/mol. The molecule has 2 unspecified atom stereocenters. The molecule has 9 nitrogen and oxygen atoms in total. The molecule has 0 aliphatic carbocycles. The molecule has 1 aromatic heterocycles. The highest BCUT2D eigenvalue weighted by Gasteiger charge is 2.49. The molecular weight excluding hydrogens is 443 g/mol. The van der Waals surface area contributed by atoms with Gasteiger partial charge in [0.1, 0.15) is 18.4 Å². The first-order valence-corrected chi connectivity index (χ1v) is 11.5. The maximum absolute atomic E-state index is 14.0. The molecule has 0 radical (unpaired) electrons. The molecule has 0 saturated carbocycles. The molecule has 6 heterocycles. The molecular formula is C21H26F3N5O4. The lowest BCUT2D eigenvalue weighted by molar-refractivity contribution is -0.155. The number of morpholine rings is 2. The van der Waals surface area contributed by atoms with E-state index < -0.39 is 24.3 Å². The van der Waals surface area contributed by atoms with Crippen LogP contribution in [0.4, 0.5) is 24.9 Å². The molecule has 5 aliphatic rings. The number of ether oxygens (including phenoxy) is 2. The highest BCUT2D eigenvalue weighted by atomic mass is 19.4. The van der Waals surface area contributed by atoms with Crippen molar-refractivity contribution < 1.29 is 27.4 Å². The topological polar surface area (TPSA) is 80.1 Å². The van der Waals surface area contributed by atoms with Gasteiger partial charge in [-0.15, -0.1) is 0 Å². The molecule has 0 aromatic carbocycles. The number of hydrogen-bond donors (Lipinski definition) is 0. The fraction of sp³-hybridized carbons (Fsp3) is 0.762. The van der Waals surface area contributed by atoms with Gasteiger partial charge in [0.05, 0.1) is 44.1 Å².